The zero-order chi connectivity index (χ0) is 74.5. The van der Waals surface area contributed by atoms with Crippen molar-refractivity contribution in [1.29, 1.82) is 0 Å². The number of hydrogen-bond donors (Lipinski definition) is 16. The maximum Gasteiger partial charge on any atom is 3.00 e. The number of halogens is 1. The summed E-state index contributed by atoms with van der Waals surface area (Å²) in [6, 6.07) is 13.4. The van der Waals surface area contributed by atoms with Crippen LogP contribution < -0.4 is 59.7 Å². The Hall–Kier alpha value is -9.33. The van der Waals surface area contributed by atoms with E-state index in [-0.39, 0.29) is 155 Å². The van der Waals surface area contributed by atoms with Gasteiger partial charge in [0.2, 0.25) is 41.4 Å². The number of aliphatic imine (C=N–C) groups is 1. The first-order valence-corrected chi connectivity index (χ1v) is 34.3. The minimum atomic E-state index is -1.53. The molecule has 0 saturated carbocycles. The summed E-state index contributed by atoms with van der Waals surface area (Å²) in [5, 5.41) is 62.6. The van der Waals surface area contributed by atoms with Crippen LogP contribution in [0, 0.1) is 17.8 Å². The van der Waals surface area contributed by atoms with Crippen LogP contribution in [0.5, 0.6) is 0 Å². The van der Waals surface area contributed by atoms with Crippen LogP contribution in [0.1, 0.15) is 103 Å². The third-order valence-electron chi connectivity index (χ3n) is 17.1. The number of H-pyrrole nitrogens is 1. The number of rotatable bonds is 40. The van der Waals surface area contributed by atoms with Gasteiger partial charge in [-0.05, 0) is 103 Å². The van der Waals surface area contributed by atoms with Gasteiger partial charge in [0, 0.05) is 87.4 Å². The normalized spacial score (nSPS) is 15.9. The second kappa shape index (κ2) is 44.2. The summed E-state index contributed by atoms with van der Waals surface area (Å²) < 4.78 is 0. The van der Waals surface area contributed by atoms with Crippen LogP contribution in [0.4, 0.5) is 10.4 Å². The van der Waals surface area contributed by atoms with E-state index in [1.54, 1.807) is 93.7 Å². The number of nitrogens with one attached hydrogen (secondary N) is 9. The molecule has 34 heteroatoms. The number of nitrogens with two attached hydrogens (primary N) is 3. The van der Waals surface area contributed by atoms with Crippen molar-refractivity contribution in [2.75, 3.05) is 64.2 Å². The summed E-state index contributed by atoms with van der Waals surface area (Å²) in [4.78, 5) is 160. The van der Waals surface area contributed by atoms with Gasteiger partial charge in [0.25, 0.3) is 0 Å². The van der Waals surface area contributed by atoms with Crippen LogP contribution in [0.3, 0.4) is 0 Å². The number of anilines is 1. The predicted octanol–water partition coefficient (Wildman–Crippen LogP) is 0.615. The molecule has 1 fully saturated rings. The Balaban J connectivity index is 0.0000138. The van der Waals surface area contributed by atoms with Gasteiger partial charge in [0.15, 0.2) is 11.1 Å². The van der Waals surface area contributed by atoms with E-state index in [0.717, 1.165) is 5.56 Å². The fourth-order valence-corrected chi connectivity index (χ4v) is 12.0. The smallest absolute Gasteiger partial charge is 0.480 e. The predicted molar refractivity (Wildman–Crippen MR) is 391 cm³/mol. The standard InChI is InChI=1S/C69H100N16O15S.Al.FH/c1-7-42(6)60(82-69(101)75-46-21-19-44(20-22-46)32-47-36-84(38-58(89)90)27-26-83(37-57(87)88)28-29-85(47)39-59(91)92)66(98)81-54(33-43-14-9-8-10-15-43)64(96)79-52(30-40(2)3)62(94)78-53(31-41(4)5)63(95)80-55(34-45-35-74-49-17-12-11-16-48(45)49)65(97)76-50(23-24-56(70)86)61(93)77-51(67(99)100)18-13-25-73-68(71)72;;/h8-12,14-17,19-22,35,40-42,47,50-55,60,74H,7,13,18,23-34,36-39H2,1-6H3,(H2,70,86)(H,76,97)(H,77,93)(H,78,94)(H,79,96)(H,80,95)(H,81,98)(H,87,88)(H,89,90)(H,91,92)(H,99,100)(H4,71,72,73)(H2,75,82,101);;1H/q;+3;/i;;1-1. The number of carbonyl (C=O) groups excluding carboxylic acids is 7. The first kappa shape index (κ1) is 87.9. The van der Waals surface area contributed by atoms with Crippen LogP contribution in [-0.4, -0.2) is 241 Å². The van der Waals surface area contributed by atoms with Crippen molar-refractivity contribution in [3.8, 4) is 0 Å². The Morgan fingerprint density at radius 2 is 1.09 bits per heavy atom. The number of aromatic amines is 1. The number of carboxylic acids is 4. The van der Waals surface area contributed by atoms with E-state index < -0.39 is 120 Å². The summed E-state index contributed by atoms with van der Waals surface area (Å²) in [7, 11) is 0. The van der Waals surface area contributed by atoms with E-state index in [0.29, 0.717) is 40.6 Å². The molecule has 560 valence electrons. The minimum Gasteiger partial charge on any atom is -0.480 e. The molecule has 1 aliphatic heterocycles. The van der Waals surface area contributed by atoms with Crippen molar-refractivity contribution < 1.29 is 77.9 Å². The van der Waals surface area contributed by atoms with E-state index in [1.165, 1.54) is 0 Å². The topological polar surface area (TPSA) is 481 Å². The maximum atomic E-state index is 14.9. The fourth-order valence-electron chi connectivity index (χ4n) is 11.8. The summed E-state index contributed by atoms with van der Waals surface area (Å²) >= 11 is 5.79. The number of benzene rings is 3. The van der Waals surface area contributed by atoms with Crippen LogP contribution in [0.2, 0.25) is 0 Å². The quantitative estimate of drug-likeness (QED) is 0.00954. The Morgan fingerprint density at radius 3 is 1.65 bits per heavy atom. The van der Waals surface area contributed by atoms with Gasteiger partial charge < -0.3 is 85.1 Å². The Bertz CT molecular complexity index is 3520. The second-order valence-electron chi connectivity index (χ2n) is 26.4. The van der Waals surface area contributed by atoms with E-state index >= 15 is 0 Å². The van der Waals surface area contributed by atoms with Crippen molar-refractivity contribution in [3.05, 3.63) is 102 Å². The molecule has 9 atom stereocenters. The first-order valence-electron chi connectivity index (χ1n) is 33.9. The average molecular weight is 1470 g/mol. The van der Waals surface area contributed by atoms with Crippen molar-refractivity contribution in [3.63, 3.8) is 0 Å². The molecule has 0 aliphatic carbocycles. The van der Waals surface area contributed by atoms with Gasteiger partial charge >= 0.3 is 41.2 Å². The van der Waals surface area contributed by atoms with Crippen LogP contribution in [-0.2, 0) is 72.0 Å². The van der Waals surface area contributed by atoms with Crippen molar-refractivity contribution in [1.82, 2.24) is 56.9 Å². The summed E-state index contributed by atoms with van der Waals surface area (Å²) in [6.45, 7) is 11.3. The monoisotopic (exact) mass is 1470 g/mol. The summed E-state index contributed by atoms with van der Waals surface area (Å²) in [5.74, 6) is -11.2. The average Bonchev–Trinajstić information content (AvgIpc) is 1.74. The molecule has 103 heavy (non-hydrogen) atoms. The molecule has 0 spiro atoms. The zero-order valence-corrected chi connectivity index (χ0v) is 61.0. The van der Waals surface area contributed by atoms with Crippen molar-refractivity contribution >= 4 is 122 Å². The number of aliphatic carboxylic acids is 4. The molecular formula is C69H101AlFN16O15S+3. The van der Waals surface area contributed by atoms with E-state index in [2.05, 4.69) is 52.5 Å². The molecule has 9 unspecified atom stereocenters. The molecule has 3 aromatic carbocycles. The number of hydrogen-bond acceptors (Lipinski definition) is 16. The minimum absolute atomic E-state index is 0. The number of para-hydroxylation sites is 1. The van der Waals surface area contributed by atoms with Gasteiger partial charge in [-0.1, -0.05) is 109 Å². The van der Waals surface area contributed by atoms with Crippen LogP contribution in [0.15, 0.2) is 90.1 Å². The van der Waals surface area contributed by atoms with Gasteiger partial charge in [-0.15, -0.1) is 0 Å². The molecule has 1 aliphatic rings. The fraction of sp³-hybridized carbons (Fsp3) is 0.522. The molecule has 19 N–H and O–H groups in total. The Kier molecular flexibility index (Phi) is 37.8. The van der Waals surface area contributed by atoms with Crippen LogP contribution >= 0.6 is 12.2 Å². The molecule has 1 aromatic heterocycles. The molecule has 31 nitrogen and oxygen atoms in total. The zero-order valence-electron chi connectivity index (χ0n) is 59.1. The van der Waals surface area contributed by atoms with Crippen LogP contribution in [0.25, 0.3) is 10.9 Å². The number of carbonyl (C=O) groups is 11. The van der Waals surface area contributed by atoms with Gasteiger partial charge in [-0.25, -0.2) is 4.79 Å². The molecule has 0 radical (unpaired) electrons. The number of guanidine groups is 1. The SMILES string of the molecule is CCC(C)C(NC(=S)Nc1ccc(CC2CN(CC(=O)O)CCN(CC(=O)O)CCN2CC(=O)O)cc1)C(=O)NC(Cc1ccccc1)C(=O)NC(CC(C)C)C(=O)NC(CC(C)C)C(=O)NC(Cc1c[nH]c2ccccc12)C(=O)NC(CCC(N)=O)C(=O)NC(CCCN=C(N)N)C(=O)O.[18FH].[Al+3]. The van der Waals surface area contributed by atoms with Gasteiger partial charge in [0.1, 0.15) is 42.3 Å². The third kappa shape index (κ3) is 31.0. The first-order chi connectivity index (χ1) is 47.9. The van der Waals surface area contributed by atoms with E-state index in [1.807, 2.05) is 47.6 Å². The summed E-state index contributed by atoms with van der Waals surface area (Å²) in [5.41, 5.74) is 19.6. The Morgan fingerprint density at radius 1 is 0.583 bits per heavy atom. The van der Waals surface area contributed by atoms with E-state index in [4.69, 9.17) is 29.4 Å². The maximum absolute atomic E-state index is 14.9. The molecule has 1 saturated heterocycles. The summed E-state index contributed by atoms with van der Waals surface area (Å²) in [6.07, 6.45) is 1.68. The second-order valence-corrected chi connectivity index (χ2v) is 26.8. The molecule has 7 amide bonds. The molecule has 2 heterocycles. The number of fused-ring (bicyclic) bond motifs is 1. The van der Waals surface area contributed by atoms with E-state index in [9.17, 15) is 73.2 Å². The largest absolute Gasteiger partial charge is 3.00 e. The number of carboxylic acid groups (broad SMARTS) is 4. The number of nitrogens with zero attached hydrogens (tertiary/aromatic N) is 4. The van der Waals surface area contributed by atoms with Crippen molar-refractivity contribution in [2.24, 2.45) is 39.9 Å². The van der Waals surface area contributed by atoms with Gasteiger partial charge in [-0.2, -0.15) is 0 Å². The Labute approximate surface area is 614 Å². The number of aromatic nitrogens is 1. The number of amides is 7. The molecule has 5 rings (SSSR count). The molecule has 4 aromatic rings. The third-order valence-corrected chi connectivity index (χ3v) is 17.4. The van der Waals surface area contributed by atoms with Gasteiger partial charge in [0.05, 0.1) is 19.6 Å². The molecule has 0 bridgehead atoms. The number of thiocarbonyl (C=S) groups is 1. The number of primary amides is 1. The van der Waals surface area contributed by atoms with Crippen molar-refractivity contribution in [2.45, 2.75) is 154 Å². The van der Waals surface area contributed by atoms with Gasteiger partial charge in [-0.3, -0.25) is 72.3 Å². The molecular weight excluding hydrogens is 1370 g/mol.